The summed E-state index contributed by atoms with van der Waals surface area (Å²) in [6, 6.07) is 9.63. The van der Waals surface area contributed by atoms with Gasteiger partial charge in [0.25, 0.3) is 0 Å². The molecule has 0 spiro atoms. The molecule has 20 heavy (non-hydrogen) atoms. The van der Waals surface area contributed by atoms with Gasteiger partial charge in [-0.05, 0) is 72.0 Å². The van der Waals surface area contributed by atoms with Crippen molar-refractivity contribution in [3.63, 3.8) is 0 Å². The van der Waals surface area contributed by atoms with Gasteiger partial charge >= 0.3 is 0 Å². The van der Waals surface area contributed by atoms with Crippen LogP contribution in [0.2, 0.25) is 0 Å². The minimum atomic E-state index is 0.473. The lowest BCUT2D eigenvalue weighted by Crippen LogP contribution is -2.31. The van der Waals surface area contributed by atoms with Gasteiger partial charge in [-0.3, -0.25) is 0 Å². The van der Waals surface area contributed by atoms with E-state index in [1.165, 1.54) is 41.5 Å². The van der Waals surface area contributed by atoms with Crippen LogP contribution in [0, 0.1) is 11.3 Å². The summed E-state index contributed by atoms with van der Waals surface area (Å²) in [5, 5.41) is 7.27. The van der Waals surface area contributed by atoms with Crippen molar-refractivity contribution in [2.45, 2.75) is 52.5 Å². The third-order valence-electron chi connectivity index (χ3n) is 4.78. The molecule has 3 rings (SSSR count). The molecule has 1 nitrogen and oxygen atoms in total. The van der Waals surface area contributed by atoms with Crippen LogP contribution in [0.4, 0.5) is 5.69 Å². The average molecular weight is 287 g/mol. The van der Waals surface area contributed by atoms with E-state index in [1.807, 2.05) is 11.3 Å². The van der Waals surface area contributed by atoms with E-state index in [0.29, 0.717) is 11.5 Å². The number of thiophene rings is 1. The highest BCUT2D eigenvalue weighted by molar-refractivity contribution is 7.17. The van der Waals surface area contributed by atoms with E-state index < -0.39 is 0 Å². The smallest absolute Gasteiger partial charge is 0.0349 e. The minimum absolute atomic E-state index is 0.473. The Kier molecular flexibility index (Phi) is 3.76. The van der Waals surface area contributed by atoms with Crippen LogP contribution in [-0.4, -0.2) is 6.04 Å². The van der Waals surface area contributed by atoms with Gasteiger partial charge in [-0.15, -0.1) is 11.3 Å². The van der Waals surface area contributed by atoms with Crippen LogP contribution < -0.4 is 5.32 Å². The molecule has 2 heteroatoms. The van der Waals surface area contributed by atoms with Gasteiger partial charge in [0.05, 0.1) is 0 Å². The number of benzene rings is 1. The van der Waals surface area contributed by atoms with Crippen molar-refractivity contribution in [3.05, 3.63) is 29.6 Å². The van der Waals surface area contributed by atoms with Gasteiger partial charge in [0.1, 0.15) is 0 Å². The Morgan fingerprint density at radius 1 is 1.05 bits per heavy atom. The van der Waals surface area contributed by atoms with Crippen LogP contribution in [0.25, 0.3) is 10.1 Å². The Hall–Kier alpha value is -1.02. The van der Waals surface area contributed by atoms with Gasteiger partial charge < -0.3 is 5.32 Å². The predicted octanol–water partition coefficient (Wildman–Crippen LogP) is 5.92. The first kappa shape index (κ1) is 13.9. The zero-order chi connectivity index (χ0) is 14.2. The maximum Gasteiger partial charge on any atom is 0.0349 e. The van der Waals surface area contributed by atoms with Gasteiger partial charge in [0.2, 0.25) is 0 Å². The summed E-state index contributed by atoms with van der Waals surface area (Å²) in [5.41, 5.74) is 1.76. The van der Waals surface area contributed by atoms with E-state index in [9.17, 15) is 0 Å². The molecule has 108 valence electrons. The second kappa shape index (κ2) is 5.40. The highest BCUT2D eigenvalue weighted by Gasteiger charge is 2.29. The monoisotopic (exact) mass is 287 g/mol. The second-order valence-electron chi connectivity index (χ2n) is 7.23. The first-order valence-corrected chi connectivity index (χ1v) is 8.64. The third-order valence-corrected chi connectivity index (χ3v) is 5.67. The molecule has 2 aromatic rings. The van der Waals surface area contributed by atoms with E-state index in [0.717, 1.165) is 5.92 Å². The Balaban J connectivity index is 1.62. The van der Waals surface area contributed by atoms with Crippen LogP contribution in [0.1, 0.15) is 46.5 Å². The summed E-state index contributed by atoms with van der Waals surface area (Å²) in [6.07, 6.45) is 5.34. The summed E-state index contributed by atoms with van der Waals surface area (Å²) in [5.74, 6) is 0.889. The molecule has 1 aliphatic carbocycles. The zero-order valence-corrected chi connectivity index (χ0v) is 13.6. The summed E-state index contributed by atoms with van der Waals surface area (Å²) >= 11 is 1.82. The largest absolute Gasteiger partial charge is 0.382 e. The molecule has 0 saturated heterocycles. The molecule has 0 radical (unpaired) electrons. The fraction of sp³-hybridized carbons (Fsp3) is 0.556. The average Bonchev–Trinajstić information content (AvgIpc) is 2.86. The Morgan fingerprint density at radius 2 is 1.80 bits per heavy atom. The molecule has 0 unspecified atom stereocenters. The molecule has 0 atom stereocenters. The van der Waals surface area contributed by atoms with Gasteiger partial charge in [-0.25, -0.2) is 0 Å². The van der Waals surface area contributed by atoms with Gasteiger partial charge in [0.15, 0.2) is 0 Å². The van der Waals surface area contributed by atoms with Crippen LogP contribution in [0.3, 0.4) is 0 Å². The topological polar surface area (TPSA) is 12.0 Å². The van der Waals surface area contributed by atoms with Crippen molar-refractivity contribution < 1.29 is 0 Å². The van der Waals surface area contributed by atoms with E-state index in [2.05, 4.69) is 55.7 Å². The Bertz CT molecular complexity index is 570. The molecule has 1 fully saturated rings. The molecule has 1 aromatic carbocycles. The summed E-state index contributed by atoms with van der Waals surface area (Å²) in [7, 11) is 0. The predicted molar refractivity (Wildman–Crippen MR) is 90.6 cm³/mol. The lowest BCUT2D eigenvalue weighted by atomic mass is 9.71. The molecule has 0 bridgehead atoms. The maximum absolute atomic E-state index is 3.74. The molecule has 0 amide bonds. The van der Waals surface area contributed by atoms with Crippen LogP contribution in [0.5, 0.6) is 0 Å². The standard InChI is InChI=1S/C18H25NS/c1-18(2,3)14-4-6-15(7-5-14)19-16-8-9-17-13(12-16)10-11-20-17/h8-12,14-15,19H,4-7H2,1-3H3. The summed E-state index contributed by atoms with van der Waals surface area (Å²) in [4.78, 5) is 0. The Labute approximate surface area is 126 Å². The van der Waals surface area contributed by atoms with Crippen molar-refractivity contribution >= 4 is 27.1 Å². The first-order chi connectivity index (χ1) is 9.52. The number of anilines is 1. The molecule has 1 aromatic heterocycles. The van der Waals surface area contributed by atoms with Crippen molar-refractivity contribution in [2.75, 3.05) is 5.32 Å². The molecule has 1 saturated carbocycles. The number of hydrogen-bond acceptors (Lipinski definition) is 2. The van der Waals surface area contributed by atoms with E-state index in [1.54, 1.807) is 0 Å². The minimum Gasteiger partial charge on any atom is -0.382 e. The SMILES string of the molecule is CC(C)(C)C1CCC(Nc2ccc3sccc3c2)CC1. The maximum atomic E-state index is 3.74. The fourth-order valence-corrected chi connectivity index (χ4v) is 4.17. The molecule has 1 N–H and O–H groups in total. The van der Waals surface area contributed by atoms with Crippen molar-refractivity contribution in [1.29, 1.82) is 0 Å². The molecular formula is C18H25NS. The van der Waals surface area contributed by atoms with Gasteiger partial charge in [-0.2, -0.15) is 0 Å². The van der Waals surface area contributed by atoms with E-state index >= 15 is 0 Å². The van der Waals surface area contributed by atoms with E-state index in [-0.39, 0.29) is 0 Å². The lowest BCUT2D eigenvalue weighted by Gasteiger charge is -2.37. The quantitative estimate of drug-likeness (QED) is 0.723. The summed E-state index contributed by atoms with van der Waals surface area (Å²) in [6.45, 7) is 7.15. The molecule has 1 aliphatic rings. The summed E-state index contributed by atoms with van der Waals surface area (Å²) < 4.78 is 1.38. The van der Waals surface area contributed by atoms with Crippen molar-refractivity contribution in [2.24, 2.45) is 11.3 Å². The number of hydrogen-bond donors (Lipinski definition) is 1. The lowest BCUT2D eigenvalue weighted by molar-refractivity contribution is 0.173. The highest BCUT2D eigenvalue weighted by atomic mass is 32.1. The second-order valence-corrected chi connectivity index (χ2v) is 8.18. The van der Waals surface area contributed by atoms with Crippen molar-refractivity contribution in [1.82, 2.24) is 0 Å². The number of rotatable bonds is 2. The van der Waals surface area contributed by atoms with Crippen molar-refractivity contribution in [3.8, 4) is 0 Å². The van der Waals surface area contributed by atoms with Gasteiger partial charge in [0, 0.05) is 16.4 Å². The molecular weight excluding hydrogens is 262 g/mol. The first-order valence-electron chi connectivity index (χ1n) is 7.76. The van der Waals surface area contributed by atoms with Gasteiger partial charge in [-0.1, -0.05) is 20.8 Å². The highest BCUT2D eigenvalue weighted by Crippen LogP contribution is 2.38. The fourth-order valence-electron chi connectivity index (χ4n) is 3.40. The van der Waals surface area contributed by atoms with Crippen LogP contribution in [-0.2, 0) is 0 Å². The normalized spacial score (nSPS) is 23.9. The third kappa shape index (κ3) is 3.01. The number of fused-ring (bicyclic) bond motifs is 1. The molecule has 0 aliphatic heterocycles. The van der Waals surface area contributed by atoms with Crippen LogP contribution in [0.15, 0.2) is 29.6 Å². The Morgan fingerprint density at radius 3 is 2.50 bits per heavy atom. The van der Waals surface area contributed by atoms with Crippen LogP contribution >= 0.6 is 11.3 Å². The number of nitrogens with one attached hydrogen (secondary N) is 1. The van der Waals surface area contributed by atoms with E-state index in [4.69, 9.17) is 0 Å². The zero-order valence-electron chi connectivity index (χ0n) is 12.8. The molecule has 1 heterocycles.